The Balaban J connectivity index is 1.90. The second kappa shape index (κ2) is 6.42. The average molecular weight is 243 g/mol. The number of nitriles is 1. The van der Waals surface area contributed by atoms with Crippen molar-refractivity contribution >= 4 is 0 Å². The molecule has 0 saturated heterocycles. The topological polar surface area (TPSA) is 71.1 Å². The monoisotopic (exact) mass is 243 g/mol. The first-order valence-electron chi connectivity index (χ1n) is 5.58. The van der Waals surface area contributed by atoms with Gasteiger partial charge in [-0.25, -0.2) is 0 Å². The van der Waals surface area contributed by atoms with Gasteiger partial charge in [0.05, 0.1) is 12.7 Å². The van der Waals surface area contributed by atoms with Crippen LogP contribution in [0.25, 0.3) is 0 Å². The van der Waals surface area contributed by atoms with Crippen molar-refractivity contribution in [3.05, 3.63) is 47.9 Å². The molecule has 0 aliphatic rings. The van der Waals surface area contributed by atoms with Gasteiger partial charge in [-0.1, -0.05) is 23.4 Å². The van der Waals surface area contributed by atoms with E-state index in [2.05, 4.69) is 10.5 Å². The largest absolute Gasteiger partial charge is 0.478 e. The highest BCUT2D eigenvalue weighted by atomic mass is 16.5. The van der Waals surface area contributed by atoms with Crippen LogP contribution in [0, 0.1) is 11.3 Å². The molecule has 0 atom stereocenters. The number of para-hydroxylation sites is 1. The minimum Gasteiger partial charge on any atom is -0.478 e. The lowest BCUT2D eigenvalue weighted by molar-refractivity contribution is 0.358. The van der Waals surface area contributed by atoms with Gasteiger partial charge in [0.2, 0.25) is 0 Å². The Kier molecular flexibility index (Phi) is 4.33. The van der Waals surface area contributed by atoms with Crippen molar-refractivity contribution in [3.63, 3.8) is 0 Å². The molecule has 1 heterocycles. The number of nitrogens with one attached hydrogen (secondary N) is 1. The highest BCUT2D eigenvalue weighted by molar-refractivity contribution is 5.33. The second-order valence-electron chi connectivity index (χ2n) is 3.64. The molecule has 92 valence electrons. The first-order valence-corrected chi connectivity index (χ1v) is 5.58. The summed E-state index contributed by atoms with van der Waals surface area (Å²) in [6.45, 7) is 1.30. The first-order chi connectivity index (χ1) is 8.90. The molecule has 0 saturated carbocycles. The maximum absolute atomic E-state index is 8.51. The summed E-state index contributed by atoms with van der Waals surface area (Å²) in [6.07, 6.45) is 1.61. The molecule has 5 heteroatoms. The van der Waals surface area contributed by atoms with E-state index in [0.717, 1.165) is 17.1 Å². The van der Waals surface area contributed by atoms with Gasteiger partial charge in [0.15, 0.2) is 6.61 Å². The summed E-state index contributed by atoms with van der Waals surface area (Å²) in [4.78, 5) is 0. The van der Waals surface area contributed by atoms with Crippen molar-refractivity contribution in [2.75, 3.05) is 6.61 Å². The van der Waals surface area contributed by atoms with E-state index in [0.29, 0.717) is 13.1 Å². The molecule has 0 unspecified atom stereocenters. The molecule has 18 heavy (non-hydrogen) atoms. The third-order valence-electron chi connectivity index (χ3n) is 2.37. The summed E-state index contributed by atoms with van der Waals surface area (Å²) in [5.41, 5.74) is 1.01. The average Bonchev–Trinajstić information content (AvgIpc) is 2.91. The van der Waals surface area contributed by atoms with Gasteiger partial charge in [-0.2, -0.15) is 5.26 Å². The zero-order valence-electron chi connectivity index (χ0n) is 9.80. The third kappa shape index (κ3) is 3.34. The van der Waals surface area contributed by atoms with Gasteiger partial charge in [-0.15, -0.1) is 0 Å². The van der Waals surface area contributed by atoms with Crippen molar-refractivity contribution in [2.45, 2.75) is 13.1 Å². The Bertz CT molecular complexity index is 517. The number of nitrogens with zero attached hydrogens (tertiary/aromatic N) is 2. The van der Waals surface area contributed by atoms with Gasteiger partial charge in [-0.3, -0.25) is 0 Å². The molecule has 0 amide bonds. The van der Waals surface area contributed by atoms with Crippen LogP contribution in [0.2, 0.25) is 0 Å². The van der Waals surface area contributed by atoms with E-state index in [1.54, 1.807) is 6.20 Å². The molecule has 0 aliphatic carbocycles. The molecule has 0 spiro atoms. The summed E-state index contributed by atoms with van der Waals surface area (Å²) in [5, 5.41) is 15.4. The molecule has 0 aliphatic heterocycles. The Labute approximate surface area is 105 Å². The first kappa shape index (κ1) is 12.1. The highest BCUT2D eigenvalue weighted by Gasteiger charge is 2.03. The van der Waals surface area contributed by atoms with Gasteiger partial charge in [0, 0.05) is 18.2 Å². The normalized spacial score (nSPS) is 9.94. The van der Waals surface area contributed by atoms with Crippen LogP contribution in [0.4, 0.5) is 0 Å². The standard InChI is InChI=1S/C13H13N3O2/c14-6-8-17-13-4-2-1-3-11(13)9-15-10-12-5-7-16-18-12/h1-5,7,15H,8-10H2. The summed E-state index contributed by atoms with van der Waals surface area (Å²) in [5.74, 6) is 1.51. The number of hydrogen-bond acceptors (Lipinski definition) is 5. The molecule has 1 aromatic heterocycles. The Hall–Kier alpha value is -2.32. The fourth-order valence-corrected chi connectivity index (χ4v) is 1.55. The minimum absolute atomic E-state index is 0.0547. The zero-order chi connectivity index (χ0) is 12.6. The molecular weight excluding hydrogens is 230 g/mol. The number of ether oxygens (including phenoxy) is 1. The second-order valence-corrected chi connectivity index (χ2v) is 3.64. The molecule has 0 fully saturated rings. The van der Waals surface area contributed by atoms with E-state index in [-0.39, 0.29) is 6.61 Å². The fraction of sp³-hybridized carbons (Fsp3) is 0.231. The van der Waals surface area contributed by atoms with Crippen LogP contribution in [0.5, 0.6) is 5.75 Å². The lowest BCUT2D eigenvalue weighted by Crippen LogP contribution is -2.13. The van der Waals surface area contributed by atoms with Crippen molar-refractivity contribution in [2.24, 2.45) is 0 Å². The maximum Gasteiger partial charge on any atom is 0.174 e. The van der Waals surface area contributed by atoms with Crippen LogP contribution < -0.4 is 10.1 Å². The zero-order valence-corrected chi connectivity index (χ0v) is 9.80. The van der Waals surface area contributed by atoms with Crippen molar-refractivity contribution in [3.8, 4) is 11.8 Å². The Morgan fingerprint density at radius 2 is 2.17 bits per heavy atom. The molecule has 1 N–H and O–H groups in total. The van der Waals surface area contributed by atoms with Crippen molar-refractivity contribution in [1.29, 1.82) is 5.26 Å². The number of benzene rings is 1. The quantitative estimate of drug-likeness (QED) is 0.838. The summed E-state index contributed by atoms with van der Waals surface area (Å²) >= 11 is 0. The molecule has 1 aromatic carbocycles. The predicted octanol–water partition coefficient (Wildman–Crippen LogP) is 1.87. The SMILES string of the molecule is N#CCOc1ccccc1CNCc1ccno1. The Morgan fingerprint density at radius 3 is 2.94 bits per heavy atom. The molecule has 2 aromatic rings. The van der Waals surface area contributed by atoms with Crippen LogP contribution in [0.1, 0.15) is 11.3 Å². The summed E-state index contributed by atoms with van der Waals surface area (Å²) in [6, 6.07) is 11.4. The molecular formula is C13H13N3O2. The van der Waals surface area contributed by atoms with Gasteiger partial charge < -0.3 is 14.6 Å². The van der Waals surface area contributed by atoms with Gasteiger partial charge in [0.1, 0.15) is 17.6 Å². The van der Waals surface area contributed by atoms with Crippen LogP contribution >= 0.6 is 0 Å². The number of rotatable bonds is 6. The van der Waals surface area contributed by atoms with E-state index < -0.39 is 0 Å². The molecule has 2 rings (SSSR count). The van der Waals surface area contributed by atoms with E-state index in [9.17, 15) is 0 Å². The van der Waals surface area contributed by atoms with E-state index in [1.165, 1.54) is 0 Å². The Morgan fingerprint density at radius 1 is 1.28 bits per heavy atom. The minimum atomic E-state index is 0.0547. The van der Waals surface area contributed by atoms with Gasteiger partial charge in [0.25, 0.3) is 0 Å². The number of hydrogen-bond donors (Lipinski definition) is 1. The number of aromatic nitrogens is 1. The van der Waals surface area contributed by atoms with Gasteiger partial charge in [-0.05, 0) is 6.07 Å². The van der Waals surface area contributed by atoms with Crippen LogP contribution in [0.15, 0.2) is 41.1 Å². The lowest BCUT2D eigenvalue weighted by Gasteiger charge is -2.09. The van der Waals surface area contributed by atoms with Crippen LogP contribution in [-0.2, 0) is 13.1 Å². The van der Waals surface area contributed by atoms with Crippen LogP contribution in [-0.4, -0.2) is 11.8 Å². The van der Waals surface area contributed by atoms with Gasteiger partial charge >= 0.3 is 0 Å². The summed E-state index contributed by atoms with van der Waals surface area (Å²) < 4.78 is 10.3. The predicted molar refractivity (Wildman–Crippen MR) is 64.6 cm³/mol. The smallest absolute Gasteiger partial charge is 0.174 e. The van der Waals surface area contributed by atoms with Crippen molar-refractivity contribution < 1.29 is 9.26 Å². The molecule has 0 bridgehead atoms. The van der Waals surface area contributed by atoms with E-state index in [4.69, 9.17) is 14.5 Å². The van der Waals surface area contributed by atoms with Crippen LogP contribution in [0.3, 0.4) is 0 Å². The van der Waals surface area contributed by atoms with E-state index >= 15 is 0 Å². The third-order valence-corrected chi connectivity index (χ3v) is 2.37. The highest BCUT2D eigenvalue weighted by Crippen LogP contribution is 2.17. The molecule has 5 nitrogen and oxygen atoms in total. The maximum atomic E-state index is 8.51. The lowest BCUT2D eigenvalue weighted by atomic mass is 10.2. The fourth-order valence-electron chi connectivity index (χ4n) is 1.55. The summed E-state index contributed by atoms with van der Waals surface area (Å²) in [7, 11) is 0. The molecule has 0 radical (unpaired) electrons. The van der Waals surface area contributed by atoms with Crippen molar-refractivity contribution in [1.82, 2.24) is 10.5 Å². The van der Waals surface area contributed by atoms with E-state index in [1.807, 2.05) is 36.4 Å².